The van der Waals surface area contributed by atoms with E-state index in [4.69, 9.17) is 0 Å². The normalized spacial score (nSPS) is 10.1. The van der Waals surface area contributed by atoms with Crippen molar-refractivity contribution in [2.75, 3.05) is 13.1 Å². The van der Waals surface area contributed by atoms with E-state index in [1.54, 1.807) is 6.92 Å². The number of hydrogen-bond donors (Lipinski definition) is 2. The van der Waals surface area contributed by atoms with E-state index in [0.29, 0.717) is 12.5 Å². The van der Waals surface area contributed by atoms with Crippen molar-refractivity contribution in [2.24, 2.45) is 0 Å². The maximum absolute atomic E-state index is 13.3. The summed E-state index contributed by atoms with van der Waals surface area (Å²) in [5, 5.41) is 4.78. The molecule has 1 aromatic rings. The van der Waals surface area contributed by atoms with Crippen molar-refractivity contribution < 1.29 is 22.8 Å². The van der Waals surface area contributed by atoms with E-state index < -0.39 is 28.9 Å². The Kier molecular flexibility index (Phi) is 5.35. The Morgan fingerprint density at radius 1 is 1.05 bits per heavy atom. The molecule has 1 rings (SSSR count). The molecule has 104 valence electrons. The molecular formula is C12H13F3N2O2. The third-order valence-electron chi connectivity index (χ3n) is 2.33. The zero-order chi connectivity index (χ0) is 14.4. The van der Waals surface area contributed by atoms with Crippen molar-refractivity contribution in [3.63, 3.8) is 0 Å². The van der Waals surface area contributed by atoms with Gasteiger partial charge in [0.2, 0.25) is 5.91 Å². The van der Waals surface area contributed by atoms with E-state index in [2.05, 4.69) is 10.6 Å². The Hall–Kier alpha value is -2.05. The fourth-order valence-corrected chi connectivity index (χ4v) is 1.30. The van der Waals surface area contributed by atoms with Gasteiger partial charge in [0.05, 0.1) is 5.56 Å². The minimum absolute atomic E-state index is 0.0585. The molecule has 0 saturated carbocycles. The Labute approximate surface area is 108 Å². The lowest BCUT2D eigenvalue weighted by atomic mass is 10.2. The lowest BCUT2D eigenvalue weighted by molar-refractivity contribution is -0.120. The van der Waals surface area contributed by atoms with Gasteiger partial charge in [-0.15, -0.1) is 0 Å². The van der Waals surface area contributed by atoms with Gasteiger partial charge >= 0.3 is 0 Å². The van der Waals surface area contributed by atoms with Crippen LogP contribution in [0.15, 0.2) is 12.1 Å². The fraction of sp³-hybridized carbons (Fsp3) is 0.333. The first-order valence-electron chi connectivity index (χ1n) is 5.65. The Morgan fingerprint density at radius 2 is 1.68 bits per heavy atom. The summed E-state index contributed by atoms with van der Waals surface area (Å²) in [5.41, 5.74) is -0.583. The number of nitrogens with one attached hydrogen (secondary N) is 2. The second-order valence-corrected chi connectivity index (χ2v) is 3.68. The molecule has 1 aromatic carbocycles. The van der Waals surface area contributed by atoms with Crippen molar-refractivity contribution in [3.8, 4) is 0 Å². The molecule has 7 heteroatoms. The molecule has 0 heterocycles. The van der Waals surface area contributed by atoms with Crippen molar-refractivity contribution >= 4 is 11.8 Å². The highest BCUT2D eigenvalue weighted by Gasteiger charge is 2.18. The molecule has 0 unspecified atom stereocenters. The van der Waals surface area contributed by atoms with E-state index in [0.717, 1.165) is 6.07 Å². The molecule has 0 aromatic heterocycles. The third kappa shape index (κ3) is 3.97. The van der Waals surface area contributed by atoms with E-state index >= 15 is 0 Å². The molecule has 4 nitrogen and oxygen atoms in total. The van der Waals surface area contributed by atoms with E-state index in [1.165, 1.54) is 0 Å². The van der Waals surface area contributed by atoms with E-state index in [9.17, 15) is 22.8 Å². The van der Waals surface area contributed by atoms with E-state index in [1.807, 2.05) is 0 Å². The van der Waals surface area contributed by atoms with Gasteiger partial charge in [0.1, 0.15) is 0 Å². The van der Waals surface area contributed by atoms with Gasteiger partial charge in [0.15, 0.2) is 17.5 Å². The highest BCUT2D eigenvalue weighted by molar-refractivity contribution is 5.94. The molecule has 0 atom stereocenters. The van der Waals surface area contributed by atoms with Crippen LogP contribution in [-0.2, 0) is 4.79 Å². The standard InChI is InChI=1S/C12H13F3N2O2/c1-2-9(18)16-5-6-17-12(19)7-3-4-8(13)11(15)10(7)14/h3-4H,2,5-6H2,1H3,(H,16,18)(H,17,19). The maximum Gasteiger partial charge on any atom is 0.254 e. The average molecular weight is 274 g/mol. The summed E-state index contributed by atoms with van der Waals surface area (Å²) in [6, 6.07) is 1.53. The molecule has 0 saturated heterocycles. The second-order valence-electron chi connectivity index (χ2n) is 3.68. The largest absolute Gasteiger partial charge is 0.354 e. The van der Waals surface area contributed by atoms with Crippen LogP contribution in [0.2, 0.25) is 0 Å². The summed E-state index contributed by atoms with van der Waals surface area (Å²) < 4.78 is 38.8. The summed E-state index contributed by atoms with van der Waals surface area (Å²) in [4.78, 5) is 22.4. The quantitative estimate of drug-likeness (QED) is 0.629. The molecule has 0 aliphatic rings. The maximum atomic E-state index is 13.3. The first-order chi connectivity index (χ1) is 8.97. The molecule has 2 N–H and O–H groups in total. The Balaban J connectivity index is 2.55. The van der Waals surface area contributed by atoms with Crippen LogP contribution in [0.1, 0.15) is 23.7 Å². The predicted molar refractivity (Wildman–Crippen MR) is 61.9 cm³/mol. The molecule has 0 spiro atoms. The number of carbonyl (C=O) groups is 2. The van der Waals surface area contributed by atoms with Crippen molar-refractivity contribution in [2.45, 2.75) is 13.3 Å². The van der Waals surface area contributed by atoms with Crippen molar-refractivity contribution in [1.29, 1.82) is 0 Å². The van der Waals surface area contributed by atoms with Crippen molar-refractivity contribution in [1.82, 2.24) is 10.6 Å². The molecule has 0 aliphatic carbocycles. The molecule has 0 radical (unpaired) electrons. The first-order valence-corrected chi connectivity index (χ1v) is 5.65. The van der Waals surface area contributed by atoms with Crippen LogP contribution in [0.3, 0.4) is 0 Å². The highest BCUT2D eigenvalue weighted by atomic mass is 19.2. The molecule has 19 heavy (non-hydrogen) atoms. The minimum atomic E-state index is -1.69. The summed E-state index contributed by atoms with van der Waals surface area (Å²) in [5.74, 6) is -5.64. The van der Waals surface area contributed by atoms with Crippen LogP contribution in [0.4, 0.5) is 13.2 Å². The number of benzene rings is 1. The first kappa shape index (κ1) is 15.0. The van der Waals surface area contributed by atoms with Crippen LogP contribution in [0.5, 0.6) is 0 Å². The highest BCUT2D eigenvalue weighted by Crippen LogP contribution is 2.14. The Bertz CT molecular complexity index is 492. The molecule has 0 bridgehead atoms. The summed E-state index contributed by atoms with van der Waals surface area (Å²) in [6.45, 7) is 1.90. The van der Waals surface area contributed by atoms with Crippen LogP contribution < -0.4 is 10.6 Å². The van der Waals surface area contributed by atoms with Gasteiger partial charge in [0, 0.05) is 19.5 Å². The van der Waals surface area contributed by atoms with Crippen LogP contribution >= 0.6 is 0 Å². The Morgan fingerprint density at radius 3 is 2.32 bits per heavy atom. The van der Waals surface area contributed by atoms with Crippen LogP contribution in [0, 0.1) is 17.5 Å². The second kappa shape index (κ2) is 6.77. The van der Waals surface area contributed by atoms with Crippen LogP contribution in [0.25, 0.3) is 0 Å². The molecular weight excluding hydrogens is 261 g/mol. The SMILES string of the molecule is CCC(=O)NCCNC(=O)c1ccc(F)c(F)c1F. The lowest BCUT2D eigenvalue weighted by Crippen LogP contribution is -2.34. The number of halogens is 3. The average Bonchev–Trinajstić information content (AvgIpc) is 2.40. The summed E-state index contributed by atoms with van der Waals surface area (Å²) >= 11 is 0. The number of rotatable bonds is 5. The van der Waals surface area contributed by atoms with Gasteiger partial charge < -0.3 is 10.6 Å². The van der Waals surface area contributed by atoms with Crippen molar-refractivity contribution in [3.05, 3.63) is 35.1 Å². The summed E-state index contributed by atoms with van der Waals surface area (Å²) in [6.07, 6.45) is 0.311. The summed E-state index contributed by atoms with van der Waals surface area (Å²) in [7, 11) is 0. The van der Waals surface area contributed by atoms with Gasteiger partial charge in [-0.25, -0.2) is 13.2 Å². The van der Waals surface area contributed by atoms with Gasteiger partial charge in [-0.1, -0.05) is 6.92 Å². The zero-order valence-corrected chi connectivity index (χ0v) is 10.2. The minimum Gasteiger partial charge on any atom is -0.354 e. The van der Waals surface area contributed by atoms with Gasteiger partial charge in [-0.05, 0) is 12.1 Å². The monoisotopic (exact) mass is 274 g/mol. The lowest BCUT2D eigenvalue weighted by Gasteiger charge is -2.07. The third-order valence-corrected chi connectivity index (χ3v) is 2.33. The number of carbonyl (C=O) groups excluding carboxylic acids is 2. The van der Waals surface area contributed by atoms with E-state index in [-0.39, 0.29) is 19.0 Å². The van der Waals surface area contributed by atoms with Gasteiger partial charge in [-0.2, -0.15) is 0 Å². The fourth-order valence-electron chi connectivity index (χ4n) is 1.30. The number of hydrogen-bond acceptors (Lipinski definition) is 2. The van der Waals surface area contributed by atoms with Gasteiger partial charge in [0.25, 0.3) is 5.91 Å². The smallest absolute Gasteiger partial charge is 0.254 e. The predicted octanol–water partition coefficient (Wildman–Crippen LogP) is 1.36. The molecule has 0 fully saturated rings. The number of amides is 2. The molecule has 2 amide bonds. The van der Waals surface area contributed by atoms with Crippen LogP contribution in [-0.4, -0.2) is 24.9 Å². The molecule has 0 aliphatic heterocycles. The van der Waals surface area contributed by atoms with Gasteiger partial charge in [-0.3, -0.25) is 9.59 Å². The topological polar surface area (TPSA) is 58.2 Å². The zero-order valence-electron chi connectivity index (χ0n) is 10.2.